The number of carbonyl (C=O) groups is 1. The van der Waals surface area contributed by atoms with Gasteiger partial charge < -0.3 is 4.90 Å². The number of aryl methyl sites for hydroxylation is 1. The van der Waals surface area contributed by atoms with Crippen LogP contribution in [0.1, 0.15) is 43.8 Å². The van der Waals surface area contributed by atoms with Crippen molar-refractivity contribution >= 4 is 34.0 Å². The highest BCUT2D eigenvalue weighted by atomic mass is 32.2. The third-order valence-electron chi connectivity index (χ3n) is 4.24. The maximum absolute atomic E-state index is 12.3. The first-order chi connectivity index (χ1) is 11.6. The number of thioether (sulfide) groups is 1. The summed E-state index contributed by atoms with van der Waals surface area (Å²) in [5, 5.41) is 5.14. The van der Waals surface area contributed by atoms with Gasteiger partial charge in [-0.25, -0.2) is 4.98 Å². The van der Waals surface area contributed by atoms with E-state index in [9.17, 15) is 9.59 Å². The molecule has 0 bridgehead atoms. The molecule has 1 atom stereocenters. The summed E-state index contributed by atoms with van der Waals surface area (Å²) in [6.45, 7) is 4.99. The lowest BCUT2D eigenvalue weighted by Crippen LogP contribution is -2.42. The Morgan fingerprint density at radius 3 is 3.04 bits per heavy atom. The third kappa shape index (κ3) is 3.80. The summed E-state index contributed by atoms with van der Waals surface area (Å²) in [7, 11) is 0. The van der Waals surface area contributed by atoms with E-state index in [2.05, 4.69) is 17.0 Å². The van der Waals surface area contributed by atoms with Crippen LogP contribution < -0.4 is 5.56 Å². The van der Waals surface area contributed by atoms with Crippen LogP contribution in [-0.4, -0.2) is 43.7 Å². The summed E-state index contributed by atoms with van der Waals surface area (Å²) in [6.07, 6.45) is 4.19. The minimum Gasteiger partial charge on any atom is -0.339 e. The Kier molecular flexibility index (Phi) is 5.55. The zero-order valence-corrected chi connectivity index (χ0v) is 15.7. The Bertz CT molecular complexity index is 786. The fourth-order valence-corrected chi connectivity index (χ4v) is 4.56. The molecule has 8 heteroatoms. The first-order valence-corrected chi connectivity index (χ1v) is 10.3. The van der Waals surface area contributed by atoms with Gasteiger partial charge >= 0.3 is 0 Å². The number of aromatic nitrogens is 3. The molecule has 1 saturated heterocycles. The Morgan fingerprint density at radius 1 is 1.46 bits per heavy atom. The van der Waals surface area contributed by atoms with E-state index >= 15 is 0 Å². The minimum absolute atomic E-state index is 0.150. The highest BCUT2D eigenvalue weighted by Crippen LogP contribution is 2.19. The van der Waals surface area contributed by atoms with Crippen LogP contribution in [0.2, 0.25) is 0 Å². The molecule has 0 aliphatic carbocycles. The molecule has 2 aromatic heterocycles. The van der Waals surface area contributed by atoms with Crippen molar-refractivity contribution in [2.45, 2.75) is 51.3 Å². The molecular formula is C16H22N4O2S2. The van der Waals surface area contributed by atoms with Crippen molar-refractivity contribution in [1.82, 2.24) is 19.5 Å². The molecule has 0 spiro atoms. The van der Waals surface area contributed by atoms with Crippen molar-refractivity contribution in [3.05, 3.63) is 27.1 Å². The molecular weight excluding hydrogens is 344 g/mol. The van der Waals surface area contributed by atoms with E-state index in [0.29, 0.717) is 22.5 Å². The zero-order valence-electron chi connectivity index (χ0n) is 14.0. The number of nitrogens with zero attached hydrogens (tertiary/aromatic N) is 4. The molecule has 1 fully saturated rings. The van der Waals surface area contributed by atoms with E-state index in [4.69, 9.17) is 0 Å². The number of hydrogen-bond donors (Lipinski definition) is 0. The molecule has 3 rings (SSSR count). The summed E-state index contributed by atoms with van der Waals surface area (Å²) in [5.74, 6) is 1.20. The minimum atomic E-state index is -0.150. The number of amides is 1. The van der Waals surface area contributed by atoms with Gasteiger partial charge in [-0.3, -0.25) is 9.59 Å². The normalized spacial score (nSPS) is 18.2. The monoisotopic (exact) mass is 366 g/mol. The molecule has 1 aliphatic rings. The number of fused-ring (bicyclic) bond motifs is 1. The molecule has 1 amide bonds. The van der Waals surface area contributed by atoms with Crippen molar-refractivity contribution in [3.63, 3.8) is 0 Å². The SMILES string of the molecule is CCc1nn2c(=O)cc(CSCC(=O)N3CCCC[C@H]3C)nc2s1. The van der Waals surface area contributed by atoms with Crippen LogP contribution in [0.3, 0.4) is 0 Å². The van der Waals surface area contributed by atoms with Gasteiger partial charge in [-0.1, -0.05) is 18.3 Å². The number of hydrogen-bond acceptors (Lipinski definition) is 6. The summed E-state index contributed by atoms with van der Waals surface area (Å²) < 4.78 is 1.36. The molecule has 24 heavy (non-hydrogen) atoms. The van der Waals surface area contributed by atoms with E-state index in [0.717, 1.165) is 36.5 Å². The highest BCUT2D eigenvalue weighted by molar-refractivity contribution is 7.99. The van der Waals surface area contributed by atoms with Crippen LogP contribution in [0.15, 0.2) is 10.9 Å². The molecule has 6 nitrogen and oxygen atoms in total. The number of rotatable bonds is 5. The van der Waals surface area contributed by atoms with E-state index in [1.54, 1.807) is 0 Å². The van der Waals surface area contributed by atoms with Gasteiger partial charge in [0.1, 0.15) is 5.01 Å². The lowest BCUT2D eigenvalue weighted by Gasteiger charge is -2.33. The molecule has 2 aromatic rings. The van der Waals surface area contributed by atoms with Gasteiger partial charge in [0.2, 0.25) is 10.9 Å². The van der Waals surface area contributed by atoms with E-state index < -0.39 is 0 Å². The van der Waals surface area contributed by atoms with Crippen molar-refractivity contribution in [1.29, 1.82) is 0 Å². The fraction of sp³-hybridized carbons (Fsp3) is 0.625. The van der Waals surface area contributed by atoms with Crippen LogP contribution >= 0.6 is 23.1 Å². The maximum atomic E-state index is 12.3. The second kappa shape index (κ2) is 7.65. The topological polar surface area (TPSA) is 67.6 Å². The van der Waals surface area contributed by atoms with Crippen molar-refractivity contribution in [2.24, 2.45) is 0 Å². The molecule has 1 aliphatic heterocycles. The van der Waals surface area contributed by atoms with Gasteiger partial charge in [-0.2, -0.15) is 9.61 Å². The molecule has 0 saturated carbocycles. The lowest BCUT2D eigenvalue weighted by molar-refractivity contribution is -0.131. The van der Waals surface area contributed by atoms with Crippen LogP contribution in [0.25, 0.3) is 4.96 Å². The van der Waals surface area contributed by atoms with Crippen molar-refractivity contribution in [2.75, 3.05) is 12.3 Å². The standard InChI is InChI=1S/C16H22N4O2S2/c1-3-13-18-20-14(21)8-12(17-16(20)24-13)9-23-10-15(22)19-7-5-4-6-11(19)2/h8,11H,3-7,9-10H2,1-2H3/t11-/m1/s1. The number of carbonyl (C=O) groups excluding carboxylic acids is 1. The Hall–Kier alpha value is -1.41. The van der Waals surface area contributed by atoms with Crippen molar-refractivity contribution < 1.29 is 4.79 Å². The zero-order chi connectivity index (χ0) is 17.1. The summed E-state index contributed by atoms with van der Waals surface area (Å²) in [4.78, 5) is 31.5. The molecule has 0 unspecified atom stereocenters. The fourth-order valence-electron chi connectivity index (χ4n) is 2.91. The second-order valence-electron chi connectivity index (χ2n) is 6.05. The van der Waals surface area contributed by atoms with Gasteiger partial charge in [0.25, 0.3) is 5.56 Å². The first kappa shape index (κ1) is 17.4. The van der Waals surface area contributed by atoms with Gasteiger partial charge in [-0.15, -0.1) is 11.8 Å². The van der Waals surface area contributed by atoms with Gasteiger partial charge in [0.05, 0.1) is 11.4 Å². The summed E-state index contributed by atoms with van der Waals surface area (Å²) >= 11 is 2.97. The van der Waals surface area contributed by atoms with Crippen LogP contribution in [0.4, 0.5) is 0 Å². The van der Waals surface area contributed by atoms with E-state index in [-0.39, 0.29) is 11.5 Å². The smallest absolute Gasteiger partial charge is 0.275 e. The van der Waals surface area contributed by atoms with E-state index in [1.807, 2.05) is 11.8 Å². The predicted octanol–water partition coefficient (Wildman–Crippen LogP) is 2.35. The first-order valence-electron chi connectivity index (χ1n) is 8.34. The van der Waals surface area contributed by atoms with Crippen LogP contribution in [0, 0.1) is 0 Å². The van der Waals surface area contributed by atoms with Gasteiger partial charge in [0.15, 0.2) is 0 Å². The molecule has 3 heterocycles. The Morgan fingerprint density at radius 2 is 2.29 bits per heavy atom. The molecule has 0 radical (unpaired) electrons. The lowest BCUT2D eigenvalue weighted by atomic mass is 10.0. The molecule has 130 valence electrons. The maximum Gasteiger partial charge on any atom is 0.275 e. The average molecular weight is 367 g/mol. The van der Waals surface area contributed by atoms with Crippen LogP contribution in [-0.2, 0) is 17.0 Å². The summed E-state index contributed by atoms with van der Waals surface area (Å²) in [6, 6.07) is 1.86. The number of piperidine rings is 1. The molecule has 0 aromatic carbocycles. The van der Waals surface area contributed by atoms with Gasteiger partial charge in [0, 0.05) is 24.4 Å². The average Bonchev–Trinajstić information content (AvgIpc) is 2.99. The van der Waals surface area contributed by atoms with E-state index in [1.165, 1.54) is 40.1 Å². The quantitative estimate of drug-likeness (QED) is 0.812. The second-order valence-corrected chi connectivity index (χ2v) is 8.08. The third-order valence-corrected chi connectivity index (χ3v) is 6.24. The predicted molar refractivity (Wildman–Crippen MR) is 97.7 cm³/mol. The Balaban J connectivity index is 1.61. The van der Waals surface area contributed by atoms with Crippen LogP contribution in [0.5, 0.6) is 0 Å². The highest BCUT2D eigenvalue weighted by Gasteiger charge is 2.22. The Labute approximate surface area is 149 Å². The molecule has 0 N–H and O–H groups in total. The van der Waals surface area contributed by atoms with Crippen molar-refractivity contribution in [3.8, 4) is 0 Å². The number of likely N-dealkylation sites (tertiary alicyclic amines) is 1. The summed E-state index contributed by atoms with van der Waals surface area (Å²) in [5.41, 5.74) is 0.568. The van der Waals surface area contributed by atoms with Gasteiger partial charge in [-0.05, 0) is 32.6 Å². The largest absolute Gasteiger partial charge is 0.339 e.